The van der Waals surface area contributed by atoms with Crippen molar-refractivity contribution in [1.29, 1.82) is 0 Å². The van der Waals surface area contributed by atoms with Gasteiger partial charge < -0.3 is 14.2 Å². The number of carboxylic acids is 1. The van der Waals surface area contributed by atoms with E-state index in [1.165, 1.54) is 11.4 Å². The average Bonchev–Trinajstić information content (AvgIpc) is 2.29. The van der Waals surface area contributed by atoms with Gasteiger partial charge in [-0.2, -0.15) is 0 Å². The summed E-state index contributed by atoms with van der Waals surface area (Å²) in [5.74, 6) is -0.364. The summed E-state index contributed by atoms with van der Waals surface area (Å²) in [7, 11) is 0. The van der Waals surface area contributed by atoms with Crippen molar-refractivity contribution in [1.82, 2.24) is 0 Å². The molecule has 0 atom stereocenters. The Balaban J connectivity index is 4.11. The van der Waals surface area contributed by atoms with E-state index >= 15 is 0 Å². The molecule has 0 bridgehead atoms. The van der Waals surface area contributed by atoms with E-state index in [1.54, 1.807) is 0 Å². The number of aliphatic carboxylic acids is 1. The van der Waals surface area contributed by atoms with Crippen molar-refractivity contribution < 1.29 is 18.9 Å². The summed E-state index contributed by atoms with van der Waals surface area (Å²) in [4.78, 5) is 10.5. The van der Waals surface area contributed by atoms with Crippen molar-refractivity contribution in [3.05, 3.63) is 0 Å². The fourth-order valence-electron chi connectivity index (χ4n) is 0.998. The average molecular weight is 314 g/mol. The van der Waals surface area contributed by atoms with Crippen molar-refractivity contribution in [2.45, 2.75) is 46.0 Å². The zero-order valence-electron chi connectivity index (χ0n) is 11.1. The highest BCUT2D eigenvalue weighted by atomic mass is 32.9. The van der Waals surface area contributed by atoms with Gasteiger partial charge in [-0.3, -0.25) is 4.79 Å². The number of unbranched alkanes of at least 4 members (excludes halogenated alkanes) is 2. The molecule has 0 aromatic rings. The molecule has 0 unspecified atom stereocenters. The second kappa shape index (κ2) is 11.2. The Labute approximate surface area is 119 Å². The van der Waals surface area contributed by atoms with Crippen LogP contribution in [0.25, 0.3) is 0 Å². The van der Waals surface area contributed by atoms with E-state index in [1.807, 2.05) is 0 Å². The molecule has 1 N–H and O–H groups in total. The van der Waals surface area contributed by atoms with E-state index in [0.29, 0.717) is 19.0 Å². The van der Waals surface area contributed by atoms with Gasteiger partial charge in [0, 0.05) is 5.75 Å². The predicted octanol–water partition coefficient (Wildman–Crippen LogP) is 4.05. The van der Waals surface area contributed by atoms with E-state index in [2.05, 4.69) is 13.8 Å². The Morgan fingerprint density at radius 1 is 1.22 bits per heavy atom. The Morgan fingerprint density at radius 2 is 1.72 bits per heavy atom. The van der Waals surface area contributed by atoms with E-state index in [0.717, 1.165) is 25.7 Å². The lowest BCUT2D eigenvalue weighted by molar-refractivity contribution is -0.136. The second-order valence-corrected chi connectivity index (χ2v) is 10.2. The van der Waals surface area contributed by atoms with Crippen LogP contribution in [0.4, 0.5) is 0 Å². The van der Waals surface area contributed by atoms with Crippen LogP contribution >= 0.6 is 17.1 Å². The number of hydrogen-bond acceptors (Lipinski definition) is 5. The van der Waals surface area contributed by atoms with Crippen molar-refractivity contribution in [2.75, 3.05) is 19.0 Å². The molecule has 0 amide bonds. The van der Waals surface area contributed by atoms with E-state index < -0.39 is 11.7 Å². The summed E-state index contributed by atoms with van der Waals surface area (Å²) in [6, 6.07) is 0. The van der Waals surface area contributed by atoms with Crippen LogP contribution in [0.15, 0.2) is 0 Å². The van der Waals surface area contributed by atoms with E-state index in [4.69, 9.17) is 26.0 Å². The standard InChI is InChI=1S/C11H23O4PS2/c1-3-5-8-14-16(17,15-9-6-4-2)18-10-7-11(12)13/h3-10H2,1-2H3,(H,12,13). The molecule has 0 aliphatic carbocycles. The van der Waals surface area contributed by atoms with Gasteiger partial charge in [0.1, 0.15) is 0 Å². The topological polar surface area (TPSA) is 55.8 Å². The maximum atomic E-state index is 10.5. The monoisotopic (exact) mass is 314 g/mol. The fraction of sp³-hybridized carbons (Fsp3) is 0.909. The van der Waals surface area contributed by atoms with Crippen LogP contribution in [0.5, 0.6) is 0 Å². The molecule has 0 fully saturated rings. The molecule has 0 spiro atoms. The minimum atomic E-state index is -2.35. The lowest BCUT2D eigenvalue weighted by atomic mass is 10.4. The van der Waals surface area contributed by atoms with Gasteiger partial charge in [-0.1, -0.05) is 38.1 Å². The molecule has 0 heterocycles. The van der Waals surface area contributed by atoms with Crippen molar-refractivity contribution in [2.24, 2.45) is 0 Å². The third kappa shape index (κ3) is 10.3. The summed E-state index contributed by atoms with van der Waals surface area (Å²) in [6.07, 6.45) is 4.09. The summed E-state index contributed by atoms with van der Waals surface area (Å²) < 4.78 is 11.3. The van der Waals surface area contributed by atoms with E-state index in [9.17, 15) is 4.79 Å². The third-order valence-corrected chi connectivity index (χ3v) is 7.47. The molecule has 7 heteroatoms. The zero-order valence-corrected chi connectivity index (χ0v) is 13.6. The van der Waals surface area contributed by atoms with Crippen LogP contribution in [-0.4, -0.2) is 30.0 Å². The van der Waals surface area contributed by atoms with Gasteiger partial charge in [-0.15, -0.1) is 0 Å². The molecule has 0 aromatic carbocycles. The van der Waals surface area contributed by atoms with Crippen LogP contribution < -0.4 is 0 Å². The summed E-state index contributed by atoms with van der Waals surface area (Å²) in [5.41, 5.74) is -2.35. The highest BCUT2D eigenvalue weighted by Crippen LogP contribution is 2.61. The smallest absolute Gasteiger partial charge is 0.304 e. The molecule has 0 saturated heterocycles. The summed E-state index contributed by atoms with van der Waals surface area (Å²) in [6.45, 7) is 5.37. The highest BCUT2D eigenvalue weighted by Gasteiger charge is 2.20. The molecule has 0 rings (SSSR count). The Kier molecular flexibility index (Phi) is 11.5. The molecular weight excluding hydrogens is 291 g/mol. The molecule has 108 valence electrons. The summed E-state index contributed by atoms with van der Waals surface area (Å²) >= 11 is 6.77. The molecule has 4 nitrogen and oxygen atoms in total. The van der Waals surface area contributed by atoms with Gasteiger partial charge in [0.25, 0.3) is 0 Å². The Hall–Kier alpha value is 0.390. The minimum Gasteiger partial charge on any atom is -0.481 e. The lowest BCUT2D eigenvalue weighted by Gasteiger charge is -2.21. The molecule has 0 radical (unpaired) electrons. The van der Waals surface area contributed by atoms with Gasteiger partial charge in [-0.05, 0) is 24.6 Å². The number of carboxylic acid groups (broad SMARTS) is 1. The lowest BCUT2D eigenvalue weighted by Crippen LogP contribution is -2.00. The van der Waals surface area contributed by atoms with Crippen LogP contribution in [-0.2, 0) is 25.6 Å². The van der Waals surface area contributed by atoms with Gasteiger partial charge >= 0.3 is 5.97 Å². The van der Waals surface area contributed by atoms with Crippen LogP contribution in [0.3, 0.4) is 0 Å². The molecule has 0 saturated carbocycles. The largest absolute Gasteiger partial charge is 0.481 e. The van der Waals surface area contributed by atoms with Crippen LogP contribution in [0.2, 0.25) is 0 Å². The van der Waals surface area contributed by atoms with Crippen molar-refractivity contribution in [3.63, 3.8) is 0 Å². The van der Waals surface area contributed by atoms with E-state index in [-0.39, 0.29) is 6.42 Å². The highest BCUT2D eigenvalue weighted by molar-refractivity contribution is 8.67. The zero-order chi connectivity index (χ0) is 13.9. The molecular formula is C11H23O4PS2. The predicted molar refractivity (Wildman–Crippen MR) is 80.7 cm³/mol. The molecule has 18 heavy (non-hydrogen) atoms. The second-order valence-electron chi connectivity index (χ2n) is 3.80. The first-order valence-electron chi connectivity index (χ1n) is 6.29. The number of rotatable bonds is 12. The number of carbonyl (C=O) groups is 1. The minimum absolute atomic E-state index is 0.0946. The van der Waals surface area contributed by atoms with Gasteiger partial charge in [0.2, 0.25) is 5.69 Å². The first-order valence-corrected chi connectivity index (χ1v) is 10.5. The third-order valence-electron chi connectivity index (χ3n) is 2.06. The summed E-state index contributed by atoms with van der Waals surface area (Å²) in [5, 5.41) is 8.62. The molecule has 0 aliphatic rings. The quantitative estimate of drug-likeness (QED) is 0.433. The normalized spacial score (nSPS) is 11.7. The number of hydrogen-bond donors (Lipinski definition) is 1. The van der Waals surface area contributed by atoms with Gasteiger partial charge in [-0.25, -0.2) is 0 Å². The Morgan fingerprint density at radius 3 is 2.11 bits per heavy atom. The maximum absolute atomic E-state index is 10.5. The molecule has 0 aromatic heterocycles. The Bertz CT molecular complexity index is 260. The van der Waals surface area contributed by atoms with Crippen LogP contribution in [0.1, 0.15) is 46.0 Å². The fourth-order valence-corrected chi connectivity index (χ4v) is 5.37. The maximum Gasteiger partial charge on any atom is 0.304 e. The van der Waals surface area contributed by atoms with Gasteiger partial charge in [0.05, 0.1) is 19.6 Å². The first kappa shape index (κ1) is 18.4. The SMILES string of the molecule is CCCCOP(=S)(OCCCC)SCCC(=O)O. The first-order chi connectivity index (χ1) is 8.54. The molecule has 0 aliphatic heterocycles. The van der Waals surface area contributed by atoms with Crippen molar-refractivity contribution >= 4 is 34.9 Å². The van der Waals surface area contributed by atoms with Crippen molar-refractivity contribution in [3.8, 4) is 0 Å². The van der Waals surface area contributed by atoms with Crippen LogP contribution in [0, 0.1) is 0 Å². The van der Waals surface area contributed by atoms with Gasteiger partial charge in [0.15, 0.2) is 0 Å².